The Morgan fingerprint density at radius 3 is 2.75 bits per heavy atom. The first-order valence-corrected chi connectivity index (χ1v) is 9.26. The number of hydrogen-bond acceptors (Lipinski definition) is 5. The molecule has 4 rings (SSSR count). The summed E-state index contributed by atoms with van der Waals surface area (Å²) in [6, 6.07) is 9.12. The van der Waals surface area contributed by atoms with Gasteiger partial charge in [0, 0.05) is 37.6 Å². The van der Waals surface area contributed by atoms with Crippen molar-refractivity contribution in [2.75, 3.05) is 19.9 Å². The SMILES string of the molecule is O=C(NC1CCN(C(=O)/C=C/c2ccc3c(c2)OCO3)CC1)c1cccnc1. The lowest BCUT2D eigenvalue weighted by molar-refractivity contribution is -0.126. The first-order chi connectivity index (χ1) is 13.7. The molecular formula is C21H21N3O4. The number of nitrogens with one attached hydrogen (secondary N) is 1. The van der Waals surface area contributed by atoms with Crippen molar-refractivity contribution in [3.63, 3.8) is 0 Å². The number of aromatic nitrogens is 1. The number of pyridine rings is 1. The van der Waals surface area contributed by atoms with Crippen LogP contribution in [0.25, 0.3) is 6.08 Å². The standard InChI is InChI=1S/C21H21N3O4/c25-20(6-4-15-3-5-18-19(12-15)28-14-27-18)24-10-7-17(8-11-24)23-21(26)16-2-1-9-22-13-16/h1-6,9,12-13,17H,7-8,10-11,14H2,(H,23,26)/b6-4+. The van der Waals surface area contributed by atoms with E-state index < -0.39 is 0 Å². The maximum atomic E-state index is 12.4. The number of benzene rings is 1. The van der Waals surface area contributed by atoms with Crippen LogP contribution >= 0.6 is 0 Å². The lowest BCUT2D eigenvalue weighted by Gasteiger charge is -2.31. The van der Waals surface area contributed by atoms with Gasteiger partial charge in [0.05, 0.1) is 5.56 Å². The van der Waals surface area contributed by atoms with Gasteiger partial charge in [-0.25, -0.2) is 0 Å². The van der Waals surface area contributed by atoms with E-state index in [0.29, 0.717) is 24.4 Å². The number of nitrogens with zero attached hydrogens (tertiary/aromatic N) is 2. The highest BCUT2D eigenvalue weighted by molar-refractivity contribution is 5.94. The smallest absolute Gasteiger partial charge is 0.253 e. The highest BCUT2D eigenvalue weighted by atomic mass is 16.7. The van der Waals surface area contributed by atoms with Gasteiger partial charge in [-0.1, -0.05) is 6.07 Å². The Kier molecular flexibility index (Phi) is 5.23. The van der Waals surface area contributed by atoms with Crippen molar-refractivity contribution in [1.82, 2.24) is 15.2 Å². The summed E-state index contributed by atoms with van der Waals surface area (Å²) in [4.78, 5) is 30.4. The normalized spacial score (nSPS) is 16.4. The summed E-state index contributed by atoms with van der Waals surface area (Å²) in [5, 5.41) is 3.02. The van der Waals surface area contributed by atoms with Crippen LogP contribution < -0.4 is 14.8 Å². The Balaban J connectivity index is 1.27. The first-order valence-electron chi connectivity index (χ1n) is 9.26. The lowest BCUT2D eigenvalue weighted by Crippen LogP contribution is -2.46. The average molecular weight is 379 g/mol. The zero-order valence-corrected chi connectivity index (χ0v) is 15.3. The molecule has 3 heterocycles. The number of carbonyl (C=O) groups is 2. The van der Waals surface area contributed by atoms with Gasteiger partial charge in [-0.05, 0) is 48.7 Å². The molecule has 0 radical (unpaired) electrons. The Labute approximate surface area is 163 Å². The van der Waals surface area contributed by atoms with Gasteiger partial charge in [0.1, 0.15) is 0 Å². The van der Waals surface area contributed by atoms with Gasteiger partial charge in [-0.2, -0.15) is 0 Å². The molecule has 0 saturated carbocycles. The van der Waals surface area contributed by atoms with Crippen LogP contribution in [0.15, 0.2) is 48.8 Å². The van der Waals surface area contributed by atoms with E-state index in [4.69, 9.17) is 9.47 Å². The largest absolute Gasteiger partial charge is 0.454 e. The van der Waals surface area contributed by atoms with Crippen molar-refractivity contribution in [3.8, 4) is 11.5 Å². The summed E-state index contributed by atoms with van der Waals surface area (Å²) >= 11 is 0. The molecule has 1 aromatic carbocycles. The quantitative estimate of drug-likeness (QED) is 0.824. The number of fused-ring (bicyclic) bond motifs is 1. The van der Waals surface area contributed by atoms with Crippen molar-refractivity contribution in [2.24, 2.45) is 0 Å². The Morgan fingerprint density at radius 2 is 1.96 bits per heavy atom. The van der Waals surface area contributed by atoms with Gasteiger partial charge in [0.15, 0.2) is 11.5 Å². The van der Waals surface area contributed by atoms with E-state index in [1.54, 1.807) is 41.6 Å². The van der Waals surface area contributed by atoms with Crippen LogP contribution in [0.2, 0.25) is 0 Å². The molecule has 0 bridgehead atoms. The molecule has 0 aliphatic carbocycles. The summed E-state index contributed by atoms with van der Waals surface area (Å²) in [5.41, 5.74) is 1.43. The third kappa shape index (κ3) is 4.14. The van der Waals surface area contributed by atoms with E-state index in [9.17, 15) is 9.59 Å². The van der Waals surface area contributed by atoms with Crippen LogP contribution in [-0.4, -0.2) is 47.6 Å². The van der Waals surface area contributed by atoms with Crippen LogP contribution in [0.4, 0.5) is 0 Å². The van der Waals surface area contributed by atoms with E-state index in [1.807, 2.05) is 18.2 Å². The zero-order chi connectivity index (χ0) is 19.3. The molecule has 2 aromatic rings. The van der Waals surface area contributed by atoms with Crippen molar-refractivity contribution in [1.29, 1.82) is 0 Å². The van der Waals surface area contributed by atoms with E-state index in [-0.39, 0.29) is 24.6 Å². The van der Waals surface area contributed by atoms with Crippen LogP contribution in [0.1, 0.15) is 28.8 Å². The molecular weight excluding hydrogens is 358 g/mol. The molecule has 2 aliphatic rings. The number of likely N-dealkylation sites (tertiary alicyclic amines) is 1. The predicted octanol–water partition coefficient (Wildman–Crippen LogP) is 2.24. The summed E-state index contributed by atoms with van der Waals surface area (Å²) in [6.07, 6.45) is 8.00. The molecule has 7 heteroatoms. The maximum Gasteiger partial charge on any atom is 0.253 e. The Bertz CT molecular complexity index is 890. The van der Waals surface area contributed by atoms with E-state index >= 15 is 0 Å². The zero-order valence-electron chi connectivity index (χ0n) is 15.3. The lowest BCUT2D eigenvalue weighted by atomic mass is 10.0. The third-order valence-electron chi connectivity index (χ3n) is 4.88. The molecule has 1 fully saturated rings. The summed E-state index contributed by atoms with van der Waals surface area (Å²) in [6.45, 7) is 1.46. The molecule has 1 N–H and O–H groups in total. The topological polar surface area (TPSA) is 80.8 Å². The number of rotatable bonds is 4. The van der Waals surface area contributed by atoms with Crippen LogP contribution in [0.3, 0.4) is 0 Å². The minimum atomic E-state index is -0.124. The fraction of sp³-hybridized carbons (Fsp3) is 0.286. The number of amides is 2. The van der Waals surface area contributed by atoms with Crippen molar-refractivity contribution in [3.05, 3.63) is 59.9 Å². The highest BCUT2D eigenvalue weighted by Gasteiger charge is 2.23. The van der Waals surface area contributed by atoms with Crippen molar-refractivity contribution >= 4 is 17.9 Å². The van der Waals surface area contributed by atoms with Gasteiger partial charge in [-0.3, -0.25) is 14.6 Å². The minimum Gasteiger partial charge on any atom is -0.454 e. The van der Waals surface area contributed by atoms with Gasteiger partial charge in [0.2, 0.25) is 12.7 Å². The molecule has 2 aliphatic heterocycles. The second-order valence-electron chi connectivity index (χ2n) is 6.76. The molecule has 28 heavy (non-hydrogen) atoms. The number of piperidine rings is 1. The third-order valence-corrected chi connectivity index (χ3v) is 4.88. The molecule has 1 aromatic heterocycles. The molecule has 7 nitrogen and oxygen atoms in total. The van der Waals surface area contributed by atoms with Gasteiger partial charge in [0.25, 0.3) is 5.91 Å². The number of hydrogen-bond donors (Lipinski definition) is 1. The van der Waals surface area contributed by atoms with Crippen LogP contribution in [0, 0.1) is 0 Å². The maximum absolute atomic E-state index is 12.4. The fourth-order valence-corrected chi connectivity index (χ4v) is 3.30. The van der Waals surface area contributed by atoms with E-state index in [2.05, 4.69) is 10.3 Å². The second kappa shape index (κ2) is 8.12. The molecule has 2 amide bonds. The molecule has 0 atom stereocenters. The second-order valence-corrected chi connectivity index (χ2v) is 6.76. The molecule has 1 saturated heterocycles. The van der Waals surface area contributed by atoms with E-state index in [0.717, 1.165) is 24.2 Å². The fourth-order valence-electron chi connectivity index (χ4n) is 3.30. The van der Waals surface area contributed by atoms with Gasteiger partial charge < -0.3 is 19.7 Å². The highest BCUT2D eigenvalue weighted by Crippen LogP contribution is 2.32. The molecule has 144 valence electrons. The van der Waals surface area contributed by atoms with Crippen molar-refractivity contribution in [2.45, 2.75) is 18.9 Å². The average Bonchev–Trinajstić information content (AvgIpc) is 3.21. The number of ether oxygens (including phenoxy) is 2. The first kappa shape index (κ1) is 18.0. The summed E-state index contributed by atoms with van der Waals surface area (Å²) < 4.78 is 10.6. The summed E-state index contributed by atoms with van der Waals surface area (Å²) in [7, 11) is 0. The van der Waals surface area contributed by atoms with Gasteiger partial charge in [-0.15, -0.1) is 0 Å². The Morgan fingerprint density at radius 1 is 1.14 bits per heavy atom. The summed E-state index contributed by atoms with van der Waals surface area (Å²) in [5.74, 6) is 1.26. The number of carbonyl (C=O) groups excluding carboxylic acids is 2. The Hall–Kier alpha value is -3.35. The van der Waals surface area contributed by atoms with Crippen LogP contribution in [0.5, 0.6) is 11.5 Å². The minimum absolute atomic E-state index is 0.0327. The van der Waals surface area contributed by atoms with Crippen molar-refractivity contribution < 1.29 is 19.1 Å². The monoisotopic (exact) mass is 379 g/mol. The molecule has 0 unspecified atom stereocenters. The van der Waals surface area contributed by atoms with E-state index in [1.165, 1.54) is 0 Å². The molecule has 0 spiro atoms. The van der Waals surface area contributed by atoms with Gasteiger partial charge >= 0.3 is 0 Å². The predicted molar refractivity (Wildman–Crippen MR) is 103 cm³/mol. The van der Waals surface area contributed by atoms with Crippen LogP contribution in [-0.2, 0) is 4.79 Å².